The van der Waals surface area contributed by atoms with E-state index in [1.807, 2.05) is 0 Å². The van der Waals surface area contributed by atoms with Crippen molar-refractivity contribution in [1.29, 1.82) is 0 Å². The monoisotopic (exact) mass is 340 g/mol. The molecule has 9 heteroatoms. The molecule has 1 aromatic carbocycles. The molecule has 0 aliphatic rings. The quantitative estimate of drug-likeness (QED) is 0.484. The van der Waals surface area contributed by atoms with Crippen LogP contribution in [0.4, 0.5) is 10.1 Å². The second kappa shape index (κ2) is 6.57. The zero-order valence-corrected chi connectivity index (χ0v) is 12.5. The molecule has 0 aliphatic carbocycles. The van der Waals surface area contributed by atoms with E-state index in [0.717, 1.165) is 36.1 Å². The molecular weight excluding hydrogens is 331 g/mol. The molecule has 0 radical (unpaired) electrons. The number of benzene rings is 1. The molecule has 0 bridgehead atoms. The van der Waals surface area contributed by atoms with Crippen LogP contribution >= 0.6 is 11.6 Å². The summed E-state index contributed by atoms with van der Waals surface area (Å²) < 4.78 is 18.5. The van der Waals surface area contributed by atoms with Crippen LogP contribution in [0.25, 0.3) is 0 Å². The number of nitrogens with zero attached hydrogens (tertiary/aromatic N) is 2. The molecule has 0 spiro atoms. The minimum atomic E-state index is -0.914. The van der Waals surface area contributed by atoms with Gasteiger partial charge in [0.2, 0.25) is 0 Å². The predicted molar refractivity (Wildman–Crippen MR) is 79.2 cm³/mol. The van der Waals surface area contributed by atoms with Gasteiger partial charge >= 0.3 is 17.2 Å². The lowest BCUT2D eigenvalue weighted by Gasteiger charge is -2.09. The molecule has 0 unspecified atom stereocenters. The fourth-order valence-electron chi connectivity index (χ4n) is 1.93. The first-order chi connectivity index (χ1) is 10.8. The Morgan fingerprint density at radius 1 is 1.43 bits per heavy atom. The van der Waals surface area contributed by atoms with Crippen LogP contribution in [0, 0.1) is 15.9 Å². The van der Waals surface area contributed by atoms with E-state index in [9.17, 15) is 24.1 Å². The fraction of sp³-hybridized carbons (Fsp3) is 0.143. The normalized spacial score (nSPS) is 10.4. The van der Waals surface area contributed by atoms with Crippen LogP contribution in [0.2, 0.25) is 5.02 Å². The van der Waals surface area contributed by atoms with Gasteiger partial charge in [-0.1, -0.05) is 17.7 Å². The second-order valence-electron chi connectivity index (χ2n) is 4.53. The molecular formula is C14H10ClFN2O5. The summed E-state index contributed by atoms with van der Waals surface area (Å²) in [4.78, 5) is 33.8. The van der Waals surface area contributed by atoms with Crippen molar-refractivity contribution < 1.29 is 18.8 Å². The zero-order valence-electron chi connectivity index (χ0n) is 11.8. The Balaban J connectivity index is 2.56. The Kier molecular flexibility index (Phi) is 4.75. The third kappa shape index (κ3) is 3.54. The Morgan fingerprint density at radius 2 is 2.13 bits per heavy atom. The summed E-state index contributed by atoms with van der Waals surface area (Å²) in [5.74, 6) is -1.38. The van der Waals surface area contributed by atoms with Crippen LogP contribution in [0.5, 0.6) is 0 Å². The Morgan fingerprint density at radius 3 is 2.70 bits per heavy atom. The zero-order chi connectivity index (χ0) is 17.1. The SMILES string of the molecule is COC(=O)c1cc([N+](=O)[O-])c(=O)n(Cc2ccc(F)cc2Cl)c1. The topological polar surface area (TPSA) is 91.4 Å². The number of pyridine rings is 1. The molecule has 1 heterocycles. The smallest absolute Gasteiger partial charge is 0.339 e. The molecule has 0 saturated carbocycles. The highest BCUT2D eigenvalue weighted by molar-refractivity contribution is 6.31. The van der Waals surface area contributed by atoms with Gasteiger partial charge in [0, 0.05) is 17.3 Å². The molecule has 0 atom stereocenters. The minimum Gasteiger partial charge on any atom is -0.465 e. The summed E-state index contributed by atoms with van der Waals surface area (Å²) >= 11 is 5.88. The number of carbonyl (C=O) groups excluding carboxylic acids is 1. The van der Waals surface area contributed by atoms with Gasteiger partial charge in [0.1, 0.15) is 5.82 Å². The molecule has 7 nitrogen and oxygen atoms in total. The maximum absolute atomic E-state index is 13.0. The van der Waals surface area contributed by atoms with E-state index in [-0.39, 0.29) is 17.1 Å². The van der Waals surface area contributed by atoms with Gasteiger partial charge < -0.3 is 9.30 Å². The largest absolute Gasteiger partial charge is 0.465 e. The van der Waals surface area contributed by atoms with E-state index in [1.54, 1.807) is 0 Å². The fourth-order valence-corrected chi connectivity index (χ4v) is 2.16. The molecule has 2 rings (SSSR count). The van der Waals surface area contributed by atoms with Gasteiger partial charge in [-0.3, -0.25) is 14.9 Å². The van der Waals surface area contributed by atoms with E-state index in [0.29, 0.717) is 5.56 Å². The lowest BCUT2D eigenvalue weighted by Crippen LogP contribution is -2.24. The van der Waals surface area contributed by atoms with Gasteiger partial charge in [0.05, 0.1) is 24.1 Å². The lowest BCUT2D eigenvalue weighted by molar-refractivity contribution is -0.386. The molecule has 120 valence electrons. The highest BCUT2D eigenvalue weighted by atomic mass is 35.5. The number of ether oxygens (including phenoxy) is 1. The Hall–Kier alpha value is -2.74. The number of methoxy groups -OCH3 is 1. The number of carbonyl (C=O) groups is 1. The summed E-state index contributed by atoms with van der Waals surface area (Å²) in [5.41, 5.74) is -1.47. The maximum Gasteiger partial charge on any atom is 0.339 e. The van der Waals surface area contributed by atoms with Crippen molar-refractivity contribution in [2.75, 3.05) is 7.11 Å². The first kappa shape index (κ1) is 16.6. The number of halogens is 2. The summed E-state index contributed by atoms with van der Waals surface area (Å²) in [7, 11) is 1.11. The van der Waals surface area contributed by atoms with Crippen molar-refractivity contribution in [2.45, 2.75) is 6.54 Å². The van der Waals surface area contributed by atoms with Crippen LogP contribution in [-0.4, -0.2) is 22.6 Å². The van der Waals surface area contributed by atoms with Crippen LogP contribution in [-0.2, 0) is 11.3 Å². The maximum atomic E-state index is 13.0. The van der Waals surface area contributed by atoms with Crippen molar-refractivity contribution in [1.82, 2.24) is 4.57 Å². The van der Waals surface area contributed by atoms with Gasteiger partial charge in [0.25, 0.3) is 0 Å². The van der Waals surface area contributed by atoms with Gasteiger partial charge in [-0.05, 0) is 17.7 Å². The van der Waals surface area contributed by atoms with Crippen LogP contribution in [0.1, 0.15) is 15.9 Å². The third-order valence-corrected chi connectivity index (χ3v) is 3.39. The standard InChI is InChI=1S/C14H10ClFN2O5/c1-23-14(20)9-4-12(18(21)22)13(19)17(7-9)6-8-2-3-10(16)5-11(8)15/h2-5,7H,6H2,1H3. The minimum absolute atomic E-state index is 0.0584. The first-order valence-electron chi connectivity index (χ1n) is 6.24. The summed E-state index contributed by atoms with van der Waals surface area (Å²) in [6.07, 6.45) is 1.13. The molecule has 0 fully saturated rings. The number of hydrogen-bond donors (Lipinski definition) is 0. The van der Waals surface area contributed by atoms with Crippen LogP contribution in [0.15, 0.2) is 35.3 Å². The number of aromatic nitrogens is 1. The lowest BCUT2D eigenvalue weighted by atomic mass is 10.2. The number of hydrogen-bond acceptors (Lipinski definition) is 5. The van der Waals surface area contributed by atoms with Crippen LogP contribution in [0.3, 0.4) is 0 Å². The second-order valence-corrected chi connectivity index (χ2v) is 4.94. The first-order valence-corrected chi connectivity index (χ1v) is 6.62. The Labute approximate surface area is 134 Å². The van der Waals surface area contributed by atoms with Crippen LogP contribution < -0.4 is 5.56 Å². The van der Waals surface area contributed by atoms with Crippen molar-refractivity contribution in [3.05, 3.63) is 72.9 Å². The van der Waals surface area contributed by atoms with Crippen molar-refractivity contribution in [3.63, 3.8) is 0 Å². The number of esters is 1. The van der Waals surface area contributed by atoms with E-state index in [4.69, 9.17) is 11.6 Å². The highest BCUT2D eigenvalue weighted by Gasteiger charge is 2.20. The molecule has 0 saturated heterocycles. The van der Waals surface area contributed by atoms with Gasteiger partial charge in [-0.2, -0.15) is 0 Å². The van der Waals surface area contributed by atoms with E-state index in [1.165, 1.54) is 6.07 Å². The highest BCUT2D eigenvalue weighted by Crippen LogP contribution is 2.19. The van der Waals surface area contributed by atoms with E-state index < -0.39 is 28.0 Å². The van der Waals surface area contributed by atoms with E-state index >= 15 is 0 Å². The van der Waals surface area contributed by atoms with Crippen molar-refractivity contribution in [2.24, 2.45) is 0 Å². The van der Waals surface area contributed by atoms with E-state index in [2.05, 4.69) is 4.74 Å². The van der Waals surface area contributed by atoms with Crippen molar-refractivity contribution in [3.8, 4) is 0 Å². The molecule has 0 aliphatic heterocycles. The molecule has 1 aromatic heterocycles. The summed E-state index contributed by atoms with van der Waals surface area (Å²) in [5, 5.41) is 11.0. The Bertz CT molecular complexity index is 850. The average molecular weight is 341 g/mol. The summed E-state index contributed by atoms with van der Waals surface area (Å²) in [6.45, 7) is -0.163. The number of rotatable bonds is 4. The molecule has 2 aromatic rings. The predicted octanol–water partition coefficient (Wildman–Crippen LogP) is 2.38. The van der Waals surface area contributed by atoms with Gasteiger partial charge in [-0.15, -0.1) is 0 Å². The number of nitro groups is 1. The van der Waals surface area contributed by atoms with Gasteiger partial charge in [-0.25, -0.2) is 9.18 Å². The summed E-state index contributed by atoms with van der Waals surface area (Å²) in [6, 6.07) is 4.39. The van der Waals surface area contributed by atoms with Gasteiger partial charge in [0.15, 0.2) is 0 Å². The van der Waals surface area contributed by atoms with Crippen molar-refractivity contribution >= 4 is 23.3 Å². The molecule has 23 heavy (non-hydrogen) atoms. The average Bonchev–Trinajstić information content (AvgIpc) is 2.50. The molecule has 0 N–H and O–H groups in total. The third-order valence-electron chi connectivity index (χ3n) is 3.04. The molecule has 0 amide bonds.